The summed E-state index contributed by atoms with van der Waals surface area (Å²) in [7, 11) is 6.64. The number of rotatable bonds is 40. The Hall–Kier alpha value is -1.52. The van der Waals surface area contributed by atoms with E-state index in [9.17, 15) is 15.3 Å². The van der Waals surface area contributed by atoms with Crippen LogP contribution in [-0.4, -0.2) is 152 Å². The van der Waals surface area contributed by atoms with Crippen molar-refractivity contribution in [1.29, 1.82) is 0 Å². The summed E-state index contributed by atoms with van der Waals surface area (Å²) in [6, 6.07) is 0. The Kier molecular flexibility index (Phi) is 37.0. The van der Waals surface area contributed by atoms with Crippen LogP contribution in [0.25, 0.3) is 0 Å². The second kappa shape index (κ2) is 38.0. The van der Waals surface area contributed by atoms with Crippen LogP contribution in [0.15, 0.2) is 48.6 Å². The molecule has 0 aliphatic heterocycles. The zero-order valence-corrected chi connectivity index (χ0v) is 35.2. The van der Waals surface area contributed by atoms with Crippen molar-refractivity contribution in [2.24, 2.45) is 17.8 Å². The summed E-state index contributed by atoms with van der Waals surface area (Å²) in [5.41, 5.74) is -0.324. The predicted molar refractivity (Wildman–Crippen MR) is 218 cm³/mol. The lowest BCUT2D eigenvalue weighted by atomic mass is 9.83. The highest BCUT2D eigenvalue weighted by atomic mass is 16.5. The summed E-state index contributed by atoms with van der Waals surface area (Å²) in [6.07, 6.45) is 22.7. The monoisotopic (exact) mass is 789 g/mol. The highest BCUT2D eigenvalue weighted by Gasteiger charge is 2.30. The van der Waals surface area contributed by atoms with Crippen LogP contribution in [0.5, 0.6) is 0 Å². The Bertz CT molecular complexity index is 945. The lowest BCUT2D eigenvalue weighted by molar-refractivity contribution is -0.0670. The fourth-order valence-corrected chi connectivity index (χ4v) is 6.57. The minimum atomic E-state index is -0.324. The lowest BCUT2D eigenvalue weighted by Crippen LogP contribution is -2.33. The van der Waals surface area contributed by atoms with Gasteiger partial charge in [-0.3, -0.25) is 0 Å². The van der Waals surface area contributed by atoms with E-state index in [-0.39, 0.29) is 68.1 Å². The molecule has 7 atom stereocenters. The summed E-state index contributed by atoms with van der Waals surface area (Å²) < 4.78 is 46.9. The molecule has 0 aromatic rings. The molecule has 324 valence electrons. The van der Waals surface area contributed by atoms with Gasteiger partial charge in [-0.1, -0.05) is 55.5 Å². The molecule has 12 nitrogen and oxygen atoms in total. The van der Waals surface area contributed by atoms with Crippen molar-refractivity contribution < 1.29 is 58.3 Å². The van der Waals surface area contributed by atoms with Gasteiger partial charge < -0.3 is 58.3 Å². The molecule has 0 spiro atoms. The third-order valence-corrected chi connectivity index (χ3v) is 9.95. The Morgan fingerprint density at radius 2 is 0.873 bits per heavy atom. The van der Waals surface area contributed by atoms with Gasteiger partial charge in [-0.2, -0.15) is 0 Å². The van der Waals surface area contributed by atoms with Gasteiger partial charge in [0.15, 0.2) is 0 Å². The van der Waals surface area contributed by atoms with E-state index >= 15 is 0 Å². The van der Waals surface area contributed by atoms with Gasteiger partial charge in [0.1, 0.15) is 0 Å². The van der Waals surface area contributed by atoms with Gasteiger partial charge in [-0.05, 0) is 71.1 Å². The number of allylic oxidation sites excluding steroid dienone is 1. The fraction of sp³-hybridized carbons (Fsp3) is 0.814. The predicted octanol–water partition coefficient (Wildman–Crippen LogP) is 5.47. The third kappa shape index (κ3) is 27.7. The molecule has 0 fully saturated rings. The van der Waals surface area contributed by atoms with Crippen LogP contribution in [0, 0.1) is 17.8 Å². The van der Waals surface area contributed by atoms with E-state index in [4.69, 9.17) is 43.0 Å². The van der Waals surface area contributed by atoms with Gasteiger partial charge in [0, 0.05) is 46.2 Å². The highest BCUT2D eigenvalue weighted by Crippen LogP contribution is 2.32. The van der Waals surface area contributed by atoms with Crippen LogP contribution in [-0.2, 0) is 37.9 Å². The second-order valence-electron chi connectivity index (χ2n) is 14.0. The van der Waals surface area contributed by atoms with Gasteiger partial charge in [-0.25, -0.2) is 0 Å². The maximum atomic E-state index is 9.87. The van der Waals surface area contributed by atoms with Crippen molar-refractivity contribution >= 4 is 0 Å². The number of hydrogen-bond donors (Lipinski definition) is 4. The molecule has 0 amide bonds. The Morgan fingerprint density at radius 3 is 1.27 bits per heavy atom. The number of aliphatic hydroxyl groups is 4. The average Bonchev–Trinajstić information content (AvgIpc) is 3.19. The van der Waals surface area contributed by atoms with Gasteiger partial charge in [-0.15, -0.1) is 0 Å². The van der Waals surface area contributed by atoms with E-state index in [1.807, 2.05) is 12.2 Å². The topological polar surface area (TPSA) is 155 Å². The Morgan fingerprint density at radius 1 is 0.473 bits per heavy atom. The minimum absolute atomic E-state index is 0.0129. The van der Waals surface area contributed by atoms with Gasteiger partial charge in [0.25, 0.3) is 0 Å². The Balaban J connectivity index is 6.43. The van der Waals surface area contributed by atoms with E-state index in [1.165, 1.54) is 0 Å². The fourth-order valence-electron chi connectivity index (χ4n) is 6.57. The Labute approximate surface area is 333 Å². The summed E-state index contributed by atoms with van der Waals surface area (Å²) in [5, 5.41) is 38.5. The minimum Gasteiger partial charge on any atom is -0.392 e. The highest BCUT2D eigenvalue weighted by molar-refractivity contribution is 4.98. The molecule has 0 aromatic carbocycles. The molecule has 12 heteroatoms. The number of unbranched alkanes of at least 4 members (excludes halogenated alkanes) is 1. The number of methoxy groups -OCH3 is 4. The molecule has 0 aliphatic carbocycles. The summed E-state index contributed by atoms with van der Waals surface area (Å²) in [4.78, 5) is 0. The molecule has 0 aromatic heterocycles. The molecule has 7 unspecified atom stereocenters. The molecule has 0 saturated heterocycles. The first kappa shape index (κ1) is 53.5. The van der Waals surface area contributed by atoms with Crippen LogP contribution in [0.2, 0.25) is 0 Å². The standard InChI is InChI=1S/C43H80O12/c1-7-43(2,55-36-32-51-6)24-23-39(17-14-28-47)42(54-35-31-50-5)22-20-38(16-13-27-46)41(53-34-30-49-4)21-19-37(15-12-26-45)40(52-33-29-48-3)18-10-8-9-11-25-44/h9,11-17,37-42,44-47H,7-8,10,18-36H2,1-6H3/b11-9-,15-12-,16-13-,17-14-. The van der Waals surface area contributed by atoms with Crippen molar-refractivity contribution in [2.75, 3.05) is 108 Å². The summed E-state index contributed by atoms with van der Waals surface area (Å²) in [5.74, 6) is -0.0161. The average molecular weight is 789 g/mol. The summed E-state index contributed by atoms with van der Waals surface area (Å²) >= 11 is 0. The number of aliphatic hydroxyl groups excluding tert-OH is 4. The molecule has 0 aliphatic rings. The normalized spacial score (nSPS) is 17.1. The van der Waals surface area contributed by atoms with Gasteiger partial charge in [0.05, 0.1) is 103 Å². The largest absolute Gasteiger partial charge is 0.392 e. The van der Waals surface area contributed by atoms with Gasteiger partial charge in [0.2, 0.25) is 0 Å². The first-order chi connectivity index (χ1) is 26.8. The maximum Gasteiger partial charge on any atom is 0.0707 e. The summed E-state index contributed by atoms with van der Waals surface area (Å²) in [6.45, 7) is 7.84. The molecule has 4 N–H and O–H groups in total. The first-order valence-electron chi connectivity index (χ1n) is 20.4. The SMILES string of the molecule is CCC(C)(CCC(/C=C\CO)C(CCC(/C=C\CO)C(CCC(/C=C\CO)C(CCC/C=C\CO)OCCOC)OCCOC)OCCOC)OCCOC. The van der Waals surface area contributed by atoms with E-state index in [0.29, 0.717) is 65.7 Å². The quantitative estimate of drug-likeness (QED) is 0.0460. The zero-order valence-electron chi connectivity index (χ0n) is 35.2. The van der Waals surface area contributed by atoms with E-state index in [2.05, 4.69) is 26.0 Å². The maximum absolute atomic E-state index is 9.87. The van der Waals surface area contributed by atoms with E-state index in [1.54, 1.807) is 52.7 Å². The number of hydrogen-bond acceptors (Lipinski definition) is 12. The molecular weight excluding hydrogens is 708 g/mol. The molecule has 0 bridgehead atoms. The molecule has 0 radical (unpaired) electrons. The number of ether oxygens (including phenoxy) is 8. The van der Waals surface area contributed by atoms with Crippen LogP contribution >= 0.6 is 0 Å². The smallest absolute Gasteiger partial charge is 0.0707 e. The molecule has 0 rings (SSSR count). The lowest BCUT2D eigenvalue weighted by Gasteiger charge is -2.33. The van der Waals surface area contributed by atoms with E-state index < -0.39 is 0 Å². The third-order valence-electron chi connectivity index (χ3n) is 9.95. The second-order valence-corrected chi connectivity index (χ2v) is 14.0. The molecule has 0 saturated carbocycles. The molecule has 0 heterocycles. The van der Waals surface area contributed by atoms with Gasteiger partial charge >= 0.3 is 0 Å². The van der Waals surface area contributed by atoms with Crippen LogP contribution in [0.4, 0.5) is 0 Å². The molecule has 55 heavy (non-hydrogen) atoms. The molecular formula is C43H80O12. The first-order valence-corrected chi connectivity index (χ1v) is 20.4. The van der Waals surface area contributed by atoms with Crippen LogP contribution in [0.3, 0.4) is 0 Å². The zero-order chi connectivity index (χ0) is 40.8. The van der Waals surface area contributed by atoms with E-state index in [0.717, 1.165) is 51.4 Å². The van der Waals surface area contributed by atoms with Crippen molar-refractivity contribution in [2.45, 2.75) is 102 Å². The van der Waals surface area contributed by atoms with Crippen molar-refractivity contribution in [1.82, 2.24) is 0 Å². The van der Waals surface area contributed by atoms with Crippen LogP contribution in [0.1, 0.15) is 78.1 Å². The van der Waals surface area contributed by atoms with Crippen LogP contribution < -0.4 is 0 Å². The van der Waals surface area contributed by atoms with Crippen molar-refractivity contribution in [3.63, 3.8) is 0 Å². The van der Waals surface area contributed by atoms with Crippen molar-refractivity contribution in [3.05, 3.63) is 48.6 Å². The van der Waals surface area contributed by atoms with Crippen molar-refractivity contribution in [3.8, 4) is 0 Å².